The van der Waals surface area contributed by atoms with Crippen LogP contribution >= 0.6 is 0 Å². The van der Waals surface area contributed by atoms with Gasteiger partial charge in [0.2, 0.25) is 0 Å². The summed E-state index contributed by atoms with van der Waals surface area (Å²) in [6, 6.07) is 16.7. The Bertz CT molecular complexity index is 957. The summed E-state index contributed by atoms with van der Waals surface area (Å²) in [6.45, 7) is 2.73. The van der Waals surface area contributed by atoms with E-state index in [2.05, 4.69) is 31.2 Å². The Morgan fingerprint density at radius 1 is 1.14 bits per heavy atom. The van der Waals surface area contributed by atoms with Gasteiger partial charge >= 0.3 is 188 Å². The summed E-state index contributed by atoms with van der Waals surface area (Å²) in [5, 5.41) is 18.3. The molecular weight excluding hydrogens is 399 g/mol. The number of hydrogen-bond acceptors (Lipinski definition) is 4. The van der Waals surface area contributed by atoms with Crippen molar-refractivity contribution >= 4 is 66.8 Å². The molecule has 144 valence electrons. The summed E-state index contributed by atoms with van der Waals surface area (Å²) < 4.78 is 7.70. The van der Waals surface area contributed by atoms with Crippen molar-refractivity contribution in [2.75, 3.05) is 6.54 Å². The van der Waals surface area contributed by atoms with Crippen LogP contribution in [0.25, 0.3) is 11.1 Å². The van der Waals surface area contributed by atoms with Crippen LogP contribution in [0.4, 0.5) is 11.4 Å². The maximum atomic E-state index is 11.4. The molecule has 0 aromatic heterocycles. The number of benzene rings is 2. The van der Waals surface area contributed by atoms with Gasteiger partial charge in [-0.1, -0.05) is 0 Å². The number of allylic oxidation sites excluding steroid dienone is 2. The van der Waals surface area contributed by atoms with Gasteiger partial charge in [-0.2, -0.15) is 0 Å². The molecule has 1 N–H and O–H groups in total. The molecule has 29 heavy (non-hydrogen) atoms. The van der Waals surface area contributed by atoms with Crippen molar-refractivity contribution in [3.05, 3.63) is 76.3 Å². The molecule has 0 saturated carbocycles. The van der Waals surface area contributed by atoms with Gasteiger partial charge in [-0.25, -0.2) is 0 Å². The third-order valence-electron chi connectivity index (χ3n) is 5.23. The largest absolute Gasteiger partial charge is 0.483 e. The van der Waals surface area contributed by atoms with E-state index in [0.717, 1.165) is 13.0 Å². The van der Waals surface area contributed by atoms with Gasteiger partial charge in [0.15, 0.2) is 0 Å². The number of carbonyl (C=O) groups is 1. The molecular formula is C21H20KN2O5+. The number of fused-ring (bicyclic) bond motifs is 3. The second-order valence-corrected chi connectivity index (χ2v) is 8.68. The van der Waals surface area contributed by atoms with E-state index in [1.807, 2.05) is 30.3 Å². The minimum absolute atomic E-state index is 0.168. The molecule has 0 fully saturated rings. The van der Waals surface area contributed by atoms with Crippen LogP contribution in [0.1, 0.15) is 13.3 Å². The molecule has 8 heteroatoms. The molecule has 2 heterocycles. The number of carboxylic acid groups (broad SMARTS) is 1. The van der Waals surface area contributed by atoms with E-state index >= 15 is 0 Å². The third-order valence-corrected chi connectivity index (χ3v) is 6.52. The molecule has 7 nitrogen and oxygen atoms in total. The van der Waals surface area contributed by atoms with Crippen LogP contribution < -0.4 is 4.48 Å². The Kier molecular flexibility index (Phi) is 7.04. The smallest absolute Gasteiger partial charge is 0.290 e. The van der Waals surface area contributed by atoms with Crippen molar-refractivity contribution < 1.29 is 19.6 Å². The van der Waals surface area contributed by atoms with Crippen molar-refractivity contribution in [1.82, 2.24) is 4.48 Å². The fourth-order valence-electron chi connectivity index (χ4n) is 4.27. The first-order chi connectivity index (χ1) is 14.0. The molecule has 1 unspecified atom stereocenters. The van der Waals surface area contributed by atoms with E-state index in [-0.39, 0.29) is 18.6 Å². The van der Waals surface area contributed by atoms with E-state index < -0.39 is 4.92 Å². The standard InChI is InChI=1S/C20H18N2O3.CH2O2.K/c1-2-14-22(20-13-7-12-19(25-20)21(23)24)17-10-5-3-8-15(17)16-9-4-6-11-18(16)22;2-1-3;/h3-12,20H,2,14H2,1H3;1H,(H,2,3);/q+1;;. The number of ether oxygens (including phenoxy) is 1. The number of nitrogens with zero attached hydrogens (tertiary/aromatic N) is 2. The summed E-state index contributed by atoms with van der Waals surface area (Å²) in [6.07, 6.45) is 3.96. The van der Waals surface area contributed by atoms with Crippen LogP contribution in [-0.2, 0) is 9.53 Å². The summed E-state index contributed by atoms with van der Waals surface area (Å²) >= 11 is 0.363. The van der Waals surface area contributed by atoms with Crippen LogP contribution in [-0.4, -0.2) is 78.2 Å². The van der Waals surface area contributed by atoms with E-state index in [9.17, 15) is 10.1 Å². The number of quaternary nitrogens is 1. The van der Waals surface area contributed by atoms with Gasteiger partial charge in [0.05, 0.1) is 0 Å². The van der Waals surface area contributed by atoms with E-state index in [1.54, 1.807) is 0 Å². The van der Waals surface area contributed by atoms with Gasteiger partial charge in [0, 0.05) is 0 Å². The van der Waals surface area contributed by atoms with Crippen molar-refractivity contribution in [3.8, 4) is 11.1 Å². The van der Waals surface area contributed by atoms with Gasteiger partial charge in [0.1, 0.15) is 0 Å². The maximum absolute atomic E-state index is 11.4. The van der Waals surface area contributed by atoms with Gasteiger partial charge < -0.3 is 5.11 Å². The Balaban J connectivity index is 0.000000755. The SMILES string of the molecule is CCC[N+]1(C2OC([N+](=O)[O-])=CC=[C]2[K])c2ccccc2-c2ccccc21.O=CO. The predicted octanol–water partition coefficient (Wildman–Crippen LogP) is 3.94. The zero-order chi connectivity index (χ0) is 21.0. The molecule has 2 aliphatic rings. The van der Waals surface area contributed by atoms with Crippen LogP contribution in [0.5, 0.6) is 0 Å². The maximum Gasteiger partial charge on any atom is 0.290 e. The topological polar surface area (TPSA) is 89.7 Å². The number of hydrogen-bond donors (Lipinski definition) is 1. The molecule has 1 atom stereocenters. The Morgan fingerprint density at radius 3 is 2.14 bits per heavy atom. The third kappa shape index (κ3) is 3.84. The minimum Gasteiger partial charge on any atom is -0.483 e. The van der Waals surface area contributed by atoms with Gasteiger partial charge in [-0.3, -0.25) is 4.79 Å². The molecule has 2 aliphatic heterocycles. The predicted molar refractivity (Wildman–Crippen MR) is 111 cm³/mol. The fourth-order valence-corrected chi connectivity index (χ4v) is 5.40. The summed E-state index contributed by atoms with van der Waals surface area (Å²) in [7, 11) is 0. The summed E-state index contributed by atoms with van der Waals surface area (Å²) in [5.74, 6) is -0.168. The van der Waals surface area contributed by atoms with Crippen molar-refractivity contribution in [2.45, 2.75) is 19.6 Å². The van der Waals surface area contributed by atoms with Crippen LogP contribution in [0, 0.1) is 10.1 Å². The quantitative estimate of drug-likeness (QED) is 0.267. The number of rotatable bonds is 4. The molecule has 0 spiro atoms. The van der Waals surface area contributed by atoms with Gasteiger partial charge in [0.25, 0.3) is 6.47 Å². The first-order valence-corrected chi connectivity index (χ1v) is 10.9. The van der Waals surface area contributed by atoms with Crippen molar-refractivity contribution in [3.63, 3.8) is 0 Å². The molecule has 2 aromatic carbocycles. The first-order valence-electron chi connectivity index (χ1n) is 9.36. The average Bonchev–Trinajstić information content (AvgIpc) is 3.00. The summed E-state index contributed by atoms with van der Waals surface area (Å²) in [5.41, 5.74) is 4.72. The summed E-state index contributed by atoms with van der Waals surface area (Å²) in [4.78, 5) is 19.3. The molecule has 2 aromatic rings. The molecule has 0 aliphatic carbocycles. The first kappa shape index (κ1) is 21.9. The minimum atomic E-state index is -0.431. The zero-order valence-electron chi connectivity index (χ0n) is 16.3. The normalized spacial score (nSPS) is 18.1. The molecule has 4 rings (SSSR count). The Morgan fingerprint density at radius 2 is 1.66 bits per heavy atom. The van der Waals surface area contributed by atoms with Crippen molar-refractivity contribution in [2.24, 2.45) is 0 Å². The molecule has 0 radical (unpaired) electrons. The van der Waals surface area contributed by atoms with Crippen LogP contribution in [0.15, 0.2) is 66.2 Å². The van der Waals surface area contributed by atoms with E-state index in [1.165, 1.54) is 28.2 Å². The molecule has 0 saturated heterocycles. The molecule has 0 amide bonds. The second-order valence-electron chi connectivity index (χ2n) is 6.88. The van der Waals surface area contributed by atoms with Crippen LogP contribution in [0.2, 0.25) is 0 Å². The van der Waals surface area contributed by atoms with Gasteiger partial charge in [-0.05, 0) is 0 Å². The number of para-hydroxylation sites is 2. The van der Waals surface area contributed by atoms with Crippen LogP contribution in [0.3, 0.4) is 0 Å². The zero-order valence-corrected chi connectivity index (χ0v) is 19.4. The van der Waals surface area contributed by atoms with Gasteiger partial charge in [-0.15, -0.1) is 0 Å². The Hall–Kier alpha value is -1.81. The van der Waals surface area contributed by atoms with E-state index in [4.69, 9.17) is 14.6 Å². The second kappa shape index (κ2) is 9.33. The number of nitro groups is 1. The fraction of sp³-hybridized carbons (Fsp3) is 0.190. The van der Waals surface area contributed by atoms with Crippen molar-refractivity contribution in [1.29, 1.82) is 0 Å². The monoisotopic (exact) mass is 419 g/mol. The van der Waals surface area contributed by atoms with E-state index in [0.29, 0.717) is 53.4 Å². The average molecular weight is 419 g/mol. The molecule has 0 bridgehead atoms. The Labute approximate surface area is 202 Å².